The zero-order chi connectivity index (χ0) is 12.0. The number of nitrogens with zero attached hydrogens (tertiary/aromatic N) is 1. The average Bonchev–Trinajstić information content (AvgIpc) is 2.26. The Morgan fingerprint density at radius 3 is 2.88 bits per heavy atom. The second-order valence-electron chi connectivity index (χ2n) is 4.08. The van der Waals surface area contributed by atoms with Crippen molar-refractivity contribution in [2.75, 3.05) is 26.7 Å². The van der Waals surface area contributed by atoms with Crippen molar-refractivity contribution in [2.45, 2.75) is 12.5 Å². The van der Waals surface area contributed by atoms with E-state index < -0.39 is 0 Å². The summed E-state index contributed by atoms with van der Waals surface area (Å²) in [5, 5.41) is 8.80. The van der Waals surface area contributed by atoms with E-state index in [2.05, 4.69) is 0 Å². The van der Waals surface area contributed by atoms with Gasteiger partial charge in [-0.3, -0.25) is 0 Å². The quantitative estimate of drug-likeness (QED) is 0.747. The number of halogens is 1. The lowest BCUT2D eigenvalue weighted by Crippen LogP contribution is -2.38. The Kier molecular flexibility index (Phi) is 5.38. The minimum absolute atomic E-state index is 0.00962. The topological polar surface area (TPSA) is 49.5 Å². The number of benzene rings is 1. The van der Waals surface area contributed by atoms with Gasteiger partial charge in [-0.15, -0.1) is 0 Å². The maximum absolute atomic E-state index is 12.9. The van der Waals surface area contributed by atoms with Crippen LogP contribution in [0.5, 0.6) is 0 Å². The van der Waals surface area contributed by atoms with Crippen molar-refractivity contribution in [3.05, 3.63) is 35.6 Å². The Bertz CT molecular complexity index is 320. The minimum atomic E-state index is -0.211. The molecule has 0 saturated heterocycles. The Balaban J connectivity index is 2.34. The van der Waals surface area contributed by atoms with Crippen LogP contribution in [0.2, 0.25) is 0 Å². The van der Waals surface area contributed by atoms with Crippen LogP contribution in [0.15, 0.2) is 24.3 Å². The van der Waals surface area contributed by atoms with Gasteiger partial charge in [0.05, 0.1) is 6.61 Å². The maximum Gasteiger partial charge on any atom is 0.123 e. The lowest BCUT2D eigenvalue weighted by molar-refractivity contribution is 0.222. The van der Waals surface area contributed by atoms with Crippen LogP contribution in [-0.2, 0) is 6.42 Å². The van der Waals surface area contributed by atoms with Gasteiger partial charge in [-0.25, -0.2) is 4.39 Å². The summed E-state index contributed by atoms with van der Waals surface area (Å²) in [6.45, 7) is 1.44. The normalized spacial score (nSPS) is 13.1. The van der Waals surface area contributed by atoms with E-state index in [0.29, 0.717) is 6.54 Å². The summed E-state index contributed by atoms with van der Waals surface area (Å²) in [7, 11) is 1.94. The molecule has 0 aliphatic heterocycles. The summed E-state index contributed by atoms with van der Waals surface area (Å²) < 4.78 is 12.9. The standard InChI is InChI=1S/C12H19FN2O/c1-15(8-12(14)9-16)6-5-10-3-2-4-11(13)7-10/h2-4,7,12,16H,5-6,8-9,14H2,1H3. The summed E-state index contributed by atoms with van der Waals surface area (Å²) in [6, 6.07) is 6.39. The smallest absolute Gasteiger partial charge is 0.123 e. The van der Waals surface area contributed by atoms with E-state index in [1.54, 1.807) is 12.1 Å². The second-order valence-corrected chi connectivity index (χ2v) is 4.08. The Hall–Kier alpha value is -0.970. The van der Waals surface area contributed by atoms with E-state index >= 15 is 0 Å². The van der Waals surface area contributed by atoms with Gasteiger partial charge in [-0.2, -0.15) is 0 Å². The molecule has 0 aliphatic rings. The molecular weight excluding hydrogens is 207 g/mol. The van der Waals surface area contributed by atoms with Crippen molar-refractivity contribution < 1.29 is 9.50 Å². The first kappa shape index (κ1) is 13.1. The zero-order valence-corrected chi connectivity index (χ0v) is 9.56. The molecule has 0 aromatic heterocycles. The Morgan fingerprint density at radius 2 is 2.25 bits per heavy atom. The predicted molar refractivity (Wildman–Crippen MR) is 62.7 cm³/mol. The summed E-state index contributed by atoms with van der Waals surface area (Å²) in [5.41, 5.74) is 6.59. The first-order valence-electron chi connectivity index (χ1n) is 5.41. The molecule has 0 saturated carbocycles. The SMILES string of the molecule is CN(CCc1cccc(F)c1)CC(N)CO. The Morgan fingerprint density at radius 1 is 1.50 bits per heavy atom. The third-order valence-electron chi connectivity index (χ3n) is 2.45. The van der Waals surface area contributed by atoms with E-state index in [1.165, 1.54) is 6.07 Å². The molecule has 1 rings (SSSR count). The molecule has 3 N–H and O–H groups in total. The zero-order valence-electron chi connectivity index (χ0n) is 9.56. The lowest BCUT2D eigenvalue weighted by Gasteiger charge is -2.19. The number of aliphatic hydroxyl groups is 1. The molecule has 0 heterocycles. The van der Waals surface area contributed by atoms with E-state index in [4.69, 9.17) is 10.8 Å². The number of hydrogen-bond donors (Lipinski definition) is 2. The van der Waals surface area contributed by atoms with Crippen LogP contribution in [-0.4, -0.2) is 42.8 Å². The molecule has 1 unspecified atom stereocenters. The van der Waals surface area contributed by atoms with Gasteiger partial charge in [0.2, 0.25) is 0 Å². The summed E-state index contributed by atoms with van der Waals surface area (Å²) in [6.07, 6.45) is 0.784. The van der Waals surface area contributed by atoms with Crippen LogP contribution in [0.25, 0.3) is 0 Å². The van der Waals surface area contributed by atoms with Crippen LogP contribution in [0.3, 0.4) is 0 Å². The van der Waals surface area contributed by atoms with E-state index in [0.717, 1.165) is 18.5 Å². The second kappa shape index (κ2) is 6.58. The molecule has 1 aromatic carbocycles. The molecule has 0 radical (unpaired) electrons. The summed E-state index contributed by atoms with van der Waals surface area (Å²) in [4.78, 5) is 2.03. The Labute approximate surface area is 95.7 Å². The summed E-state index contributed by atoms with van der Waals surface area (Å²) in [5.74, 6) is -0.202. The number of rotatable bonds is 6. The predicted octanol–water partition coefficient (Wildman–Crippen LogP) is 0.620. The highest BCUT2D eigenvalue weighted by Crippen LogP contribution is 2.04. The van der Waals surface area contributed by atoms with Gasteiger partial charge in [0.15, 0.2) is 0 Å². The van der Waals surface area contributed by atoms with Crippen molar-refractivity contribution in [3.63, 3.8) is 0 Å². The fourth-order valence-electron chi connectivity index (χ4n) is 1.56. The molecule has 0 spiro atoms. The van der Waals surface area contributed by atoms with Crippen molar-refractivity contribution in [3.8, 4) is 0 Å². The molecule has 0 bridgehead atoms. The average molecular weight is 226 g/mol. The molecule has 16 heavy (non-hydrogen) atoms. The number of aliphatic hydroxyl groups excluding tert-OH is 1. The van der Waals surface area contributed by atoms with Crippen LogP contribution >= 0.6 is 0 Å². The third-order valence-corrected chi connectivity index (χ3v) is 2.45. The lowest BCUT2D eigenvalue weighted by atomic mass is 10.1. The molecule has 0 aliphatic carbocycles. The van der Waals surface area contributed by atoms with Crippen LogP contribution in [0.4, 0.5) is 4.39 Å². The molecule has 0 amide bonds. The van der Waals surface area contributed by atoms with Gasteiger partial charge in [-0.1, -0.05) is 12.1 Å². The van der Waals surface area contributed by atoms with Crippen LogP contribution in [0, 0.1) is 5.82 Å². The van der Waals surface area contributed by atoms with Crippen molar-refractivity contribution >= 4 is 0 Å². The highest BCUT2D eigenvalue weighted by molar-refractivity contribution is 5.16. The fourth-order valence-corrected chi connectivity index (χ4v) is 1.56. The van der Waals surface area contributed by atoms with Crippen LogP contribution < -0.4 is 5.73 Å². The molecule has 4 heteroatoms. The van der Waals surface area contributed by atoms with Gasteiger partial charge in [0.1, 0.15) is 5.82 Å². The summed E-state index contributed by atoms with van der Waals surface area (Å²) >= 11 is 0. The molecule has 1 atom stereocenters. The van der Waals surface area contributed by atoms with Crippen molar-refractivity contribution in [2.24, 2.45) is 5.73 Å². The molecule has 0 fully saturated rings. The van der Waals surface area contributed by atoms with Gasteiger partial charge in [-0.05, 0) is 31.2 Å². The first-order valence-corrected chi connectivity index (χ1v) is 5.41. The molecular formula is C12H19FN2O. The third kappa shape index (κ3) is 4.70. The highest BCUT2D eigenvalue weighted by atomic mass is 19.1. The maximum atomic E-state index is 12.9. The van der Waals surface area contributed by atoms with E-state index in [9.17, 15) is 4.39 Å². The fraction of sp³-hybridized carbons (Fsp3) is 0.500. The van der Waals surface area contributed by atoms with Crippen molar-refractivity contribution in [1.82, 2.24) is 4.90 Å². The molecule has 1 aromatic rings. The highest BCUT2D eigenvalue weighted by Gasteiger charge is 2.05. The number of likely N-dealkylation sites (N-methyl/N-ethyl adjacent to an activating group) is 1. The number of hydrogen-bond acceptors (Lipinski definition) is 3. The van der Waals surface area contributed by atoms with E-state index in [1.807, 2.05) is 18.0 Å². The monoisotopic (exact) mass is 226 g/mol. The van der Waals surface area contributed by atoms with Gasteiger partial charge in [0.25, 0.3) is 0 Å². The minimum Gasteiger partial charge on any atom is -0.395 e. The van der Waals surface area contributed by atoms with Gasteiger partial charge < -0.3 is 15.7 Å². The molecule has 3 nitrogen and oxygen atoms in total. The van der Waals surface area contributed by atoms with Crippen molar-refractivity contribution in [1.29, 1.82) is 0 Å². The molecule has 90 valence electrons. The van der Waals surface area contributed by atoms with E-state index in [-0.39, 0.29) is 18.5 Å². The van der Waals surface area contributed by atoms with Gasteiger partial charge >= 0.3 is 0 Å². The van der Waals surface area contributed by atoms with Gasteiger partial charge in [0, 0.05) is 19.1 Å². The largest absolute Gasteiger partial charge is 0.395 e. The van der Waals surface area contributed by atoms with Crippen LogP contribution in [0.1, 0.15) is 5.56 Å². The first-order chi connectivity index (χ1) is 7.61. The number of nitrogens with two attached hydrogens (primary N) is 1.